The summed E-state index contributed by atoms with van der Waals surface area (Å²) >= 11 is 0. The van der Waals surface area contributed by atoms with E-state index in [2.05, 4.69) is 54.7 Å². The Morgan fingerprint density at radius 3 is 2.81 bits per heavy atom. The van der Waals surface area contributed by atoms with Crippen LogP contribution in [0.5, 0.6) is 5.75 Å². The largest absolute Gasteiger partial charge is 0.490 e. The second kappa shape index (κ2) is 6.95. The molecule has 0 bridgehead atoms. The molecule has 2 aromatic carbocycles. The van der Waals surface area contributed by atoms with E-state index >= 15 is 0 Å². The van der Waals surface area contributed by atoms with Crippen LogP contribution in [0.1, 0.15) is 39.0 Å². The Morgan fingerprint density at radius 1 is 1.10 bits per heavy atom. The van der Waals surface area contributed by atoms with Gasteiger partial charge in [0.25, 0.3) is 0 Å². The first-order chi connectivity index (χ1) is 10.3. The molecule has 1 N–H and O–H groups in total. The SMILES string of the molecule is CCCNC1CCCC(Oc2ccc3ccccc3c2)C1. The molecule has 2 aromatic rings. The normalized spacial score (nSPS) is 22.3. The lowest BCUT2D eigenvalue weighted by Gasteiger charge is -2.30. The molecule has 2 atom stereocenters. The van der Waals surface area contributed by atoms with E-state index in [1.165, 1.54) is 36.5 Å². The Labute approximate surface area is 127 Å². The fourth-order valence-corrected chi connectivity index (χ4v) is 3.22. The lowest BCUT2D eigenvalue weighted by molar-refractivity contribution is 0.135. The minimum atomic E-state index is 0.356. The highest BCUT2D eigenvalue weighted by Gasteiger charge is 2.22. The van der Waals surface area contributed by atoms with Crippen molar-refractivity contribution in [2.75, 3.05) is 6.54 Å². The molecular formula is C19H25NO. The summed E-state index contributed by atoms with van der Waals surface area (Å²) in [6.07, 6.45) is 6.42. The number of ether oxygens (including phenoxy) is 1. The van der Waals surface area contributed by atoms with Gasteiger partial charge in [-0.1, -0.05) is 37.3 Å². The van der Waals surface area contributed by atoms with Gasteiger partial charge < -0.3 is 10.1 Å². The van der Waals surface area contributed by atoms with Gasteiger partial charge >= 0.3 is 0 Å². The van der Waals surface area contributed by atoms with E-state index in [0.29, 0.717) is 12.1 Å². The smallest absolute Gasteiger partial charge is 0.120 e. The highest BCUT2D eigenvalue weighted by atomic mass is 16.5. The zero-order valence-corrected chi connectivity index (χ0v) is 12.8. The average Bonchev–Trinajstić information content (AvgIpc) is 2.53. The van der Waals surface area contributed by atoms with Gasteiger partial charge in [0.2, 0.25) is 0 Å². The Balaban J connectivity index is 1.64. The molecule has 1 fully saturated rings. The topological polar surface area (TPSA) is 21.3 Å². The molecule has 0 radical (unpaired) electrons. The lowest BCUT2D eigenvalue weighted by Crippen LogP contribution is -2.38. The van der Waals surface area contributed by atoms with Gasteiger partial charge in [-0.25, -0.2) is 0 Å². The molecule has 2 heteroatoms. The van der Waals surface area contributed by atoms with Crippen LogP contribution in [-0.4, -0.2) is 18.7 Å². The van der Waals surface area contributed by atoms with Gasteiger partial charge in [-0.2, -0.15) is 0 Å². The van der Waals surface area contributed by atoms with Crippen molar-refractivity contribution in [2.24, 2.45) is 0 Å². The van der Waals surface area contributed by atoms with Gasteiger partial charge in [0.15, 0.2) is 0 Å². The zero-order chi connectivity index (χ0) is 14.5. The quantitative estimate of drug-likeness (QED) is 0.870. The first-order valence-electron chi connectivity index (χ1n) is 8.24. The highest BCUT2D eigenvalue weighted by Crippen LogP contribution is 2.26. The highest BCUT2D eigenvalue weighted by molar-refractivity contribution is 5.83. The Morgan fingerprint density at radius 2 is 1.95 bits per heavy atom. The van der Waals surface area contributed by atoms with Gasteiger partial charge in [-0.15, -0.1) is 0 Å². The molecule has 112 valence electrons. The number of rotatable bonds is 5. The number of benzene rings is 2. The average molecular weight is 283 g/mol. The molecule has 0 saturated heterocycles. The standard InChI is InChI=1S/C19H25NO/c1-2-12-20-17-8-5-9-18(14-17)21-19-11-10-15-6-3-4-7-16(15)13-19/h3-4,6-7,10-11,13,17-18,20H,2,5,8-9,12,14H2,1H3. The van der Waals surface area contributed by atoms with E-state index in [9.17, 15) is 0 Å². The van der Waals surface area contributed by atoms with E-state index in [1.807, 2.05) is 0 Å². The first-order valence-corrected chi connectivity index (χ1v) is 8.24. The Kier molecular flexibility index (Phi) is 4.76. The molecule has 21 heavy (non-hydrogen) atoms. The molecule has 0 aliphatic heterocycles. The van der Waals surface area contributed by atoms with Crippen molar-refractivity contribution in [1.29, 1.82) is 0 Å². The third kappa shape index (κ3) is 3.76. The second-order valence-corrected chi connectivity index (χ2v) is 6.07. The van der Waals surface area contributed by atoms with Crippen molar-refractivity contribution in [3.05, 3.63) is 42.5 Å². The first kappa shape index (κ1) is 14.4. The van der Waals surface area contributed by atoms with Crippen LogP contribution in [-0.2, 0) is 0 Å². The lowest BCUT2D eigenvalue weighted by atomic mass is 9.92. The van der Waals surface area contributed by atoms with Crippen molar-refractivity contribution in [3.8, 4) is 5.75 Å². The van der Waals surface area contributed by atoms with Crippen LogP contribution in [0.4, 0.5) is 0 Å². The van der Waals surface area contributed by atoms with Crippen LogP contribution in [0.15, 0.2) is 42.5 Å². The predicted octanol–water partition coefficient (Wildman–Crippen LogP) is 4.53. The molecule has 0 aromatic heterocycles. The van der Waals surface area contributed by atoms with Crippen molar-refractivity contribution in [3.63, 3.8) is 0 Å². The minimum Gasteiger partial charge on any atom is -0.490 e. The maximum atomic E-state index is 6.23. The van der Waals surface area contributed by atoms with E-state index in [0.717, 1.165) is 18.7 Å². The summed E-state index contributed by atoms with van der Waals surface area (Å²) in [5.74, 6) is 1.01. The van der Waals surface area contributed by atoms with E-state index in [4.69, 9.17) is 4.74 Å². The third-order valence-electron chi connectivity index (χ3n) is 4.33. The number of nitrogens with one attached hydrogen (secondary N) is 1. The van der Waals surface area contributed by atoms with Crippen LogP contribution in [0, 0.1) is 0 Å². The molecule has 0 spiro atoms. The van der Waals surface area contributed by atoms with E-state index in [1.54, 1.807) is 0 Å². The summed E-state index contributed by atoms with van der Waals surface area (Å²) in [7, 11) is 0. The maximum Gasteiger partial charge on any atom is 0.120 e. The van der Waals surface area contributed by atoms with E-state index in [-0.39, 0.29) is 0 Å². The van der Waals surface area contributed by atoms with Crippen LogP contribution < -0.4 is 10.1 Å². The fourth-order valence-electron chi connectivity index (χ4n) is 3.22. The molecule has 2 nitrogen and oxygen atoms in total. The fraction of sp³-hybridized carbons (Fsp3) is 0.474. The van der Waals surface area contributed by atoms with Crippen LogP contribution in [0.3, 0.4) is 0 Å². The summed E-state index contributed by atoms with van der Waals surface area (Å²) in [6, 6.07) is 15.5. The predicted molar refractivity (Wildman–Crippen MR) is 88.9 cm³/mol. The monoisotopic (exact) mass is 283 g/mol. The maximum absolute atomic E-state index is 6.23. The van der Waals surface area contributed by atoms with Gasteiger partial charge in [-0.3, -0.25) is 0 Å². The summed E-state index contributed by atoms with van der Waals surface area (Å²) in [5, 5.41) is 6.17. The molecule has 1 saturated carbocycles. The molecule has 2 unspecified atom stereocenters. The molecule has 1 aliphatic carbocycles. The molecular weight excluding hydrogens is 258 g/mol. The second-order valence-electron chi connectivity index (χ2n) is 6.07. The van der Waals surface area contributed by atoms with Gasteiger partial charge in [-0.05, 0) is 61.6 Å². The Hall–Kier alpha value is -1.54. The van der Waals surface area contributed by atoms with Gasteiger partial charge in [0.05, 0.1) is 0 Å². The van der Waals surface area contributed by atoms with Crippen molar-refractivity contribution in [2.45, 2.75) is 51.2 Å². The number of hydrogen-bond acceptors (Lipinski definition) is 2. The summed E-state index contributed by atoms with van der Waals surface area (Å²) < 4.78 is 6.23. The molecule has 1 aliphatic rings. The Bertz CT molecular complexity index is 581. The van der Waals surface area contributed by atoms with Crippen LogP contribution in [0.2, 0.25) is 0 Å². The van der Waals surface area contributed by atoms with Gasteiger partial charge in [0.1, 0.15) is 11.9 Å². The molecule has 0 heterocycles. The molecule has 0 amide bonds. The third-order valence-corrected chi connectivity index (χ3v) is 4.33. The van der Waals surface area contributed by atoms with Crippen molar-refractivity contribution >= 4 is 10.8 Å². The van der Waals surface area contributed by atoms with Crippen LogP contribution >= 0.6 is 0 Å². The van der Waals surface area contributed by atoms with Crippen LogP contribution in [0.25, 0.3) is 10.8 Å². The van der Waals surface area contributed by atoms with Crippen molar-refractivity contribution in [1.82, 2.24) is 5.32 Å². The number of hydrogen-bond donors (Lipinski definition) is 1. The zero-order valence-electron chi connectivity index (χ0n) is 12.8. The van der Waals surface area contributed by atoms with E-state index < -0.39 is 0 Å². The minimum absolute atomic E-state index is 0.356. The van der Waals surface area contributed by atoms with Gasteiger partial charge in [0, 0.05) is 6.04 Å². The molecule has 3 rings (SSSR count). The summed E-state index contributed by atoms with van der Waals surface area (Å²) in [5.41, 5.74) is 0. The van der Waals surface area contributed by atoms with Crippen molar-refractivity contribution < 1.29 is 4.74 Å². The summed E-state index contributed by atoms with van der Waals surface area (Å²) in [4.78, 5) is 0. The summed E-state index contributed by atoms with van der Waals surface area (Å²) in [6.45, 7) is 3.34. The number of fused-ring (bicyclic) bond motifs is 1.